The first-order valence-electron chi connectivity index (χ1n) is 2.96. The van der Waals surface area contributed by atoms with Crippen molar-refractivity contribution in [3.63, 3.8) is 0 Å². The van der Waals surface area contributed by atoms with E-state index < -0.39 is 0 Å². The summed E-state index contributed by atoms with van der Waals surface area (Å²) in [6.07, 6.45) is 2.50. The van der Waals surface area contributed by atoms with Crippen molar-refractivity contribution in [2.24, 2.45) is 0 Å². The summed E-state index contributed by atoms with van der Waals surface area (Å²) in [7, 11) is 1.41. The standard InChI is InChI=1S/C6H12NO2/c1-3-4-6(8)5-7(2)9/h5,9H,3-4H2,1-2H3/q+1/b7-5+. The van der Waals surface area contributed by atoms with E-state index in [0.717, 1.165) is 11.2 Å². The lowest BCUT2D eigenvalue weighted by Crippen LogP contribution is -2.09. The van der Waals surface area contributed by atoms with Crippen LogP contribution < -0.4 is 0 Å². The lowest BCUT2D eigenvalue weighted by molar-refractivity contribution is -0.750. The van der Waals surface area contributed by atoms with Crippen LogP contribution in [0, 0.1) is 0 Å². The van der Waals surface area contributed by atoms with Gasteiger partial charge in [-0.1, -0.05) is 6.92 Å². The summed E-state index contributed by atoms with van der Waals surface area (Å²) in [5.41, 5.74) is 0. The van der Waals surface area contributed by atoms with Crippen LogP contribution in [0.1, 0.15) is 19.8 Å². The number of carbonyl (C=O) groups excluding carboxylic acids is 1. The second-order valence-corrected chi connectivity index (χ2v) is 1.92. The Hall–Kier alpha value is -0.860. The van der Waals surface area contributed by atoms with Crippen LogP contribution in [0.4, 0.5) is 0 Å². The first-order valence-corrected chi connectivity index (χ1v) is 2.96. The van der Waals surface area contributed by atoms with Crippen LogP contribution in [0.25, 0.3) is 0 Å². The van der Waals surface area contributed by atoms with Gasteiger partial charge in [0.2, 0.25) is 5.78 Å². The highest BCUT2D eigenvalue weighted by Gasteiger charge is 2.00. The zero-order chi connectivity index (χ0) is 7.28. The number of hydrogen-bond donors (Lipinski definition) is 1. The minimum absolute atomic E-state index is 0.0394. The molecule has 0 rings (SSSR count). The second-order valence-electron chi connectivity index (χ2n) is 1.92. The number of rotatable bonds is 3. The third kappa shape index (κ3) is 5.00. The Kier molecular flexibility index (Phi) is 3.67. The molecular weight excluding hydrogens is 118 g/mol. The molecular formula is C6H12NO2+. The molecule has 0 unspecified atom stereocenters. The Morgan fingerprint density at radius 1 is 1.78 bits per heavy atom. The normalized spacial score (nSPS) is 11.6. The summed E-state index contributed by atoms with van der Waals surface area (Å²) in [6.45, 7) is 1.92. The molecule has 0 heterocycles. The maximum absolute atomic E-state index is 10.6. The fraction of sp³-hybridized carbons (Fsp3) is 0.667. The number of Topliss-reactive ketones (excluding diaryl/α,β-unsaturated/α-hetero) is 1. The van der Waals surface area contributed by atoms with Gasteiger partial charge in [-0.2, -0.15) is 0 Å². The summed E-state index contributed by atoms with van der Waals surface area (Å²) in [5, 5.41) is 8.51. The predicted octanol–water partition coefficient (Wildman–Crippen LogP) is 0.458. The quantitative estimate of drug-likeness (QED) is 0.261. The van der Waals surface area contributed by atoms with Gasteiger partial charge in [0.15, 0.2) is 7.05 Å². The van der Waals surface area contributed by atoms with Crippen LogP contribution in [0.3, 0.4) is 0 Å². The van der Waals surface area contributed by atoms with E-state index in [1.807, 2.05) is 6.92 Å². The maximum Gasteiger partial charge on any atom is 0.257 e. The molecule has 0 aromatic rings. The first-order chi connectivity index (χ1) is 4.16. The van der Waals surface area contributed by atoms with Crippen molar-refractivity contribution in [3.05, 3.63) is 0 Å². The van der Waals surface area contributed by atoms with Crippen molar-refractivity contribution in [1.82, 2.24) is 0 Å². The Labute approximate surface area is 54.6 Å². The maximum atomic E-state index is 10.6. The van der Waals surface area contributed by atoms with Gasteiger partial charge in [-0.3, -0.25) is 10.0 Å². The van der Waals surface area contributed by atoms with Crippen molar-refractivity contribution in [1.29, 1.82) is 0 Å². The van der Waals surface area contributed by atoms with Crippen LogP contribution in [0.15, 0.2) is 0 Å². The molecule has 0 aromatic carbocycles. The van der Waals surface area contributed by atoms with E-state index >= 15 is 0 Å². The van der Waals surface area contributed by atoms with Gasteiger partial charge >= 0.3 is 0 Å². The summed E-state index contributed by atoms with van der Waals surface area (Å²) >= 11 is 0. The molecule has 0 aliphatic rings. The molecule has 0 fully saturated rings. The number of ketones is 1. The minimum atomic E-state index is -0.0394. The van der Waals surface area contributed by atoms with Gasteiger partial charge in [0.1, 0.15) is 0 Å². The molecule has 0 spiro atoms. The molecule has 3 nitrogen and oxygen atoms in total. The van der Waals surface area contributed by atoms with E-state index in [2.05, 4.69) is 0 Å². The van der Waals surface area contributed by atoms with E-state index in [9.17, 15) is 4.79 Å². The topological polar surface area (TPSA) is 40.3 Å². The van der Waals surface area contributed by atoms with Crippen molar-refractivity contribution >= 4 is 12.0 Å². The average Bonchev–Trinajstić information content (AvgIpc) is 1.63. The van der Waals surface area contributed by atoms with Crippen LogP contribution in [-0.4, -0.2) is 29.0 Å². The van der Waals surface area contributed by atoms with Gasteiger partial charge in [-0.25, -0.2) is 0 Å². The number of carbonyl (C=O) groups is 1. The van der Waals surface area contributed by atoms with Gasteiger partial charge in [0.25, 0.3) is 6.21 Å². The monoisotopic (exact) mass is 130 g/mol. The predicted molar refractivity (Wildman–Crippen MR) is 33.9 cm³/mol. The highest BCUT2D eigenvalue weighted by Crippen LogP contribution is 1.84. The number of nitrogens with zero attached hydrogens (tertiary/aromatic N) is 1. The fourth-order valence-electron chi connectivity index (χ4n) is 0.519. The molecule has 9 heavy (non-hydrogen) atoms. The molecule has 0 radical (unpaired) electrons. The van der Waals surface area contributed by atoms with E-state index in [0.29, 0.717) is 6.42 Å². The van der Waals surface area contributed by atoms with Gasteiger partial charge in [-0.05, 0) is 11.2 Å². The highest BCUT2D eigenvalue weighted by atomic mass is 16.5. The van der Waals surface area contributed by atoms with Gasteiger partial charge < -0.3 is 0 Å². The summed E-state index contributed by atoms with van der Waals surface area (Å²) in [6, 6.07) is 0. The smallest absolute Gasteiger partial charge is 0.257 e. The van der Waals surface area contributed by atoms with Crippen molar-refractivity contribution in [2.45, 2.75) is 19.8 Å². The SMILES string of the molecule is CCCC(=O)/C=[N+](\C)O. The zero-order valence-electron chi connectivity index (χ0n) is 5.79. The summed E-state index contributed by atoms with van der Waals surface area (Å²) in [4.78, 5) is 10.6. The Balaban J connectivity index is 3.63. The Bertz CT molecular complexity index is 125. The van der Waals surface area contributed by atoms with Gasteiger partial charge in [-0.15, -0.1) is 0 Å². The Morgan fingerprint density at radius 2 is 2.33 bits per heavy atom. The van der Waals surface area contributed by atoms with E-state index in [4.69, 9.17) is 5.21 Å². The third-order valence-corrected chi connectivity index (χ3v) is 0.827. The summed E-state index contributed by atoms with van der Waals surface area (Å²) in [5.74, 6) is -0.0394. The van der Waals surface area contributed by atoms with Crippen LogP contribution >= 0.6 is 0 Å². The second kappa shape index (κ2) is 4.06. The minimum Gasteiger partial charge on any atom is -0.291 e. The highest BCUT2D eigenvalue weighted by molar-refractivity contribution is 6.25. The molecule has 0 saturated heterocycles. The van der Waals surface area contributed by atoms with Crippen LogP contribution in [0.5, 0.6) is 0 Å². The average molecular weight is 130 g/mol. The molecule has 0 aromatic heterocycles. The molecule has 0 amide bonds. The molecule has 0 atom stereocenters. The molecule has 0 aliphatic carbocycles. The van der Waals surface area contributed by atoms with Crippen LogP contribution in [0.2, 0.25) is 0 Å². The van der Waals surface area contributed by atoms with E-state index in [1.165, 1.54) is 13.3 Å². The van der Waals surface area contributed by atoms with E-state index in [-0.39, 0.29) is 5.78 Å². The Morgan fingerprint density at radius 3 is 2.67 bits per heavy atom. The van der Waals surface area contributed by atoms with Crippen molar-refractivity contribution in [3.8, 4) is 0 Å². The largest absolute Gasteiger partial charge is 0.291 e. The van der Waals surface area contributed by atoms with E-state index in [1.54, 1.807) is 0 Å². The lowest BCUT2D eigenvalue weighted by Gasteiger charge is -1.83. The van der Waals surface area contributed by atoms with Crippen molar-refractivity contribution in [2.75, 3.05) is 7.05 Å². The van der Waals surface area contributed by atoms with Gasteiger partial charge in [0.05, 0.1) is 0 Å². The zero-order valence-corrected chi connectivity index (χ0v) is 5.79. The fourth-order valence-corrected chi connectivity index (χ4v) is 0.519. The third-order valence-electron chi connectivity index (χ3n) is 0.827. The first kappa shape index (κ1) is 8.14. The van der Waals surface area contributed by atoms with Gasteiger partial charge in [0, 0.05) is 6.42 Å². The molecule has 52 valence electrons. The molecule has 0 bridgehead atoms. The molecule has 1 N–H and O–H groups in total. The lowest BCUT2D eigenvalue weighted by atomic mass is 10.2. The summed E-state index contributed by atoms with van der Waals surface area (Å²) < 4.78 is 0.776. The number of hydrogen-bond acceptors (Lipinski definition) is 2. The molecule has 3 heteroatoms. The number of hydroxylamine groups is 1. The molecule has 0 aliphatic heterocycles. The molecule has 0 saturated carbocycles. The van der Waals surface area contributed by atoms with Crippen molar-refractivity contribution < 1.29 is 14.7 Å². The van der Waals surface area contributed by atoms with Crippen LogP contribution in [-0.2, 0) is 4.79 Å².